The second-order valence-electron chi connectivity index (χ2n) is 8.54. The van der Waals surface area contributed by atoms with Crippen LogP contribution in [-0.4, -0.2) is 29.0 Å². The van der Waals surface area contributed by atoms with Crippen molar-refractivity contribution in [2.75, 3.05) is 13.2 Å². The van der Waals surface area contributed by atoms with Crippen molar-refractivity contribution in [1.29, 1.82) is 5.26 Å². The number of carbonyl (C=O) groups is 1. The second kappa shape index (κ2) is 13.2. The van der Waals surface area contributed by atoms with Gasteiger partial charge in [-0.1, -0.05) is 55.8 Å². The fourth-order valence-electron chi connectivity index (χ4n) is 4.00. The Labute approximate surface area is 208 Å². The Hall–Kier alpha value is -3.72. The average molecular weight is 471 g/mol. The molecule has 6 heteroatoms. The van der Waals surface area contributed by atoms with Crippen LogP contribution in [0.15, 0.2) is 48.5 Å². The number of carbonyl (C=O) groups excluding carboxylic acids is 1. The molecule has 0 unspecified atom stereocenters. The van der Waals surface area contributed by atoms with E-state index in [4.69, 9.17) is 9.72 Å². The highest BCUT2D eigenvalue weighted by atomic mass is 16.5. The van der Waals surface area contributed by atoms with Crippen molar-refractivity contribution in [1.82, 2.24) is 15.3 Å². The highest BCUT2D eigenvalue weighted by Gasteiger charge is 2.16. The Bertz CT molecular complexity index is 1170. The quantitative estimate of drug-likeness (QED) is 0.351. The number of unbranched alkanes of at least 4 members (excludes halogenated alkanes) is 1. The molecule has 0 atom stereocenters. The number of aromatic nitrogens is 2. The molecule has 0 spiro atoms. The summed E-state index contributed by atoms with van der Waals surface area (Å²) >= 11 is 0. The number of nitrogens with zero attached hydrogens (tertiary/aromatic N) is 3. The molecule has 0 saturated carbocycles. The van der Waals surface area contributed by atoms with Crippen LogP contribution in [0.5, 0.6) is 5.88 Å². The Morgan fingerprint density at radius 3 is 2.54 bits per heavy atom. The molecule has 1 aromatic heterocycles. The summed E-state index contributed by atoms with van der Waals surface area (Å²) in [4.78, 5) is 21.1. The van der Waals surface area contributed by atoms with Crippen LogP contribution < -0.4 is 10.1 Å². The molecule has 3 aromatic rings. The van der Waals surface area contributed by atoms with Gasteiger partial charge in [-0.05, 0) is 55.9 Å². The predicted molar refractivity (Wildman–Crippen MR) is 138 cm³/mol. The van der Waals surface area contributed by atoms with Gasteiger partial charge in [0.25, 0.3) is 0 Å². The zero-order valence-electron chi connectivity index (χ0n) is 20.9. The van der Waals surface area contributed by atoms with Crippen LogP contribution >= 0.6 is 0 Å². The molecule has 6 nitrogen and oxygen atoms in total. The van der Waals surface area contributed by atoms with Crippen molar-refractivity contribution in [3.05, 3.63) is 76.7 Å². The van der Waals surface area contributed by atoms with Crippen LogP contribution in [0.3, 0.4) is 0 Å². The molecule has 0 saturated heterocycles. The molecule has 182 valence electrons. The minimum absolute atomic E-state index is 0.0388. The molecule has 0 radical (unpaired) electrons. The number of nitrogens with one attached hydrogen (secondary N) is 1. The van der Waals surface area contributed by atoms with Gasteiger partial charge in [0.15, 0.2) is 0 Å². The summed E-state index contributed by atoms with van der Waals surface area (Å²) in [7, 11) is 0. The highest BCUT2D eigenvalue weighted by molar-refractivity contribution is 5.75. The molecule has 1 amide bonds. The minimum Gasteiger partial charge on any atom is -0.477 e. The summed E-state index contributed by atoms with van der Waals surface area (Å²) < 4.78 is 6.10. The Kier molecular flexibility index (Phi) is 9.80. The van der Waals surface area contributed by atoms with Gasteiger partial charge in [0, 0.05) is 24.9 Å². The van der Waals surface area contributed by atoms with Gasteiger partial charge in [0.05, 0.1) is 23.9 Å². The van der Waals surface area contributed by atoms with Crippen LogP contribution in [0.25, 0.3) is 11.1 Å². The van der Waals surface area contributed by atoms with Crippen LogP contribution in [0, 0.1) is 18.3 Å². The van der Waals surface area contributed by atoms with Gasteiger partial charge in [-0.2, -0.15) is 10.2 Å². The molecular weight excluding hydrogens is 436 g/mol. The maximum absolute atomic E-state index is 11.7. The Morgan fingerprint density at radius 1 is 1.06 bits per heavy atom. The molecule has 1 N–H and O–H groups in total. The van der Waals surface area contributed by atoms with E-state index in [1.807, 2.05) is 38.1 Å². The lowest BCUT2D eigenvalue weighted by Crippen LogP contribution is -2.22. The normalized spacial score (nSPS) is 10.6. The van der Waals surface area contributed by atoms with E-state index in [0.29, 0.717) is 49.7 Å². The first-order chi connectivity index (χ1) is 17.0. The number of hydrogen-bond donors (Lipinski definition) is 1. The van der Waals surface area contributed by atoms with E-state index in [1.165, 1.54) is 0 Å². The number of ether oxygens (including phenoxy) is 1. The van der Waals surface area contributed by atoms with Gasteiger partial charge in [-0.25, -0.2) is 4.98 Å². The largest absolute Gasteiger partial charge is 0.477 e. The standard InChI is InChI=1S/C29H34N4O2/c1-4-6-12-27-26(29(33-21(3)32-27)35-18-9-13-28(34)31-5-2)19-22-14-16-23(17-15-22)25-11-8-7-10-24(25)20-30/h7-8,10-11,14-17H,4-6,9,12-13,18-19H2,1-3H3,(H,31,34). The molecule has 3 rings (SSSR count). The second-order valence-corrected chi connectivity index (χ2v) is 8.54. The van der Waals surface area contributed by atoms with Gasteiger partial charge < -0.3 is 10.1 Å². The third kappa shape index (κ3) is 7.38. The van der Waals surface area contributed by atoms with Crippen molar-refractivity contribution >= 4 is 5.91 Å². The zero-order valence-corrected chi connectivity index (χ0v) is 20.9. The van der Waals surface area contributed by atoms with Crippen molar-refractivity contribution in [2.24, 2.45) is 0 Å². The van der Waals surface area contributed by atoms with Gasteiger partial charge in [0.2, 0.25) is 11.8 Å². The number of amides is 1. The molecule has 0 aliphatic rings. The fraction of sp³-hybridized carbons (Fsp3) is 0.379. The van der Waals surface area contributed by atoms with Crippen LogP contribution in [-0.2, 0) is 17.6 Å². The van der Waals surface area contributed by atoms with Crippen LogP contribution in [0.1, 0.15) is 67.7 Å². The predicted octanol–water partition coefficient (Wildman–Crippen LogP) is 5.55. The van der Waals surface area contributed by atoms with E-state index in [2.05, 4.69) is 47.6 Å². The molecule has 35 heavy (non-hydrogen) atoms. The van der Waals surface area contributed by atoms with E-state index in [-0.39, 0.29) is 5.91 Å². The number of rotatable bonds is 12. The topological polar surface area (TPSA) is 87.9 Å². The third-order valence-corrected chi connectivity index (χ3v) is 5.79. The fourth-order valence-corrected chi connectivity index (χ4v) is 4.00. The molecule has 0 bridgehead atoms. The van der Waals surface area contributed by atoms with Crippen LogP contribution in [0.4, 0.5) is 0 Å². The van der Waals surface area contributed by atoms with E-state index in [0.717, 1.165) is 47.2 Å². The van der Waals surface area contributed by atoms with Crippen molar-refractivity contribution in [3.8, 4) is 23.1 Å². The summed E-state index contributed by atoms with van der Waals surface area (Å²) in [6.07, 6.45) is 4.72. The lowest BCUT2D eigenvalue weighted by molar-refractivity contribution is -0.121. The number of benzene rings is 2. The first-order valence-corrected chi connectivity index (χ1v) is 12.4. The first-order valence-electron chi connectivity index (χ1n) is 12.4. The first kappa shape index (κ1) is 25.9. The van der Waals surface area contributed by atoms with Crippen molar-refractivity contribution in [2.45, 2.75) is 59.3 Å². The monoisotopic (exact) mass is 470 g/mol. The lowest BCUT2D eigenvalue weighted by atomic mass is 9.96. The van der Waals surface area contributed by atoms with Gasteiger partial charge >= 0.3 is 0 Å². The van der Waals surface area contributed by atoms with E-state index < -0.39 is 0 Å². The van der Waals surface area contributed by atoms with E-state index in [9.17, 15) is 10.1 Å². The molecule has 1 heterocycles. The smallest absolute Gasteiger partial charge is 0.220 e. The number of aryl methyl sites for hydroxylation is 2. The number of nitriles is 1. The molecule has 0 fully saturated rings. The number of hydrogen-bond acceptors (Lipinski definition) is 5. The average Bonchev–Trinajstić information content (AvgIpc) is 2.87. The van der Waals surface area contributed by atoms with Gasteiger partial charge in [-0.3, -0.25) is 4.79 Å². The van der Waals surface area contributed by atoms with Gasteiger partial charge in [-0.15, -0.1) is 0 Å². The summed E-state index contributed by atoms with van der Waals surface area (Å²) in [6.45, 7) is 7.04. The minimum atomic E-state index is 0.0388. The molecule has 0 aliphatic heterocycles. The van der Waals surface area contributed by atoms with Crippen molar-refractivity contribution in [3.63, 3.8) is 0 Å². The third-order valence-electron chi connectivity index (χ3n) is 5.79. The summed E-state index contributed by atoms with van der Waals surface area (Å²) in [6, 6.07) is 18.2. The summed E-state index contributed by atoms with van der Waals surface area (Å²) in [5, 5.41) is 12.2. The lowest BCUT2D eigenvalue weighted by Gasteiger charge is -2.16. The zero-order chi connectivity index (χ0) is 25.0. The van der Waals surface area contributed by atoms with E-state index in [1.54, 1.807) is 0 Å². The van der Waals surface area contributed by atoms with Crippen LogP contribution in [0.2, 0.25) is 0 Å². The molecular formula is C29H34N4O2. The van der Waals surface area contributed by atoms with E-state index >= 15 is 0 Å². The Morgan fingerprint density at radius 2 is 1.83 bits per heavy atom. The highest BCUT2D eigenvalue weighted by Crippen LogP contribution is 2.27. The van der Waals surface area contributed by atoms with Gasteiger partial charge in [0.1, 0.15) is 5.82 Å². The maximum atomic E-state index is 11.7. The summed E-state index contributed by atoms with van der Waals surface area (Å²) in [5.74, 6) is 1.34. The molecule has 0 aliphatic carbocycles. The van der Waals surface area contributed by atoms with Crippen molar-refractivity contribution < 1.29 is 9.53 Å². The molecule has 2 aromatic carbocycles. The Balaban J connectivity index is 1.82. The summed E-state index contributed by atoms with van der Waals surface area (Å²) in [5.41, 5.74) is 5.76. The SMILES string of the molecule is CCCCc1nc(C)nc(OCCCC(=O)NCC)c1Cc1ccc(-c2ccccc2C#N)cc1. The maximum Gasteiger partial charge on any atom is 0.220 e.